The molecule has 0 atom stereocenters. The van der Waals surface area contributed by atoms with Gasteiger partial charge in [0.2, 0.25) is 5.91 Å². The fourth-order valence-electron chi connectivity index (χ4n) is 3.90. The van der Waals surface area contributed by atoms with Crippen molar-refractivity contribution in [1.29, 1.82) is 0 Å². The molecule has 0 bridgehead atoms. The van der Waals surface area contributed by atoms with Gasteiger partial charge in [-0.2, -0.15) is 5.10 Å². The van der Waals surface area contributed by atoms with E-state index in [4.69, 9.17) is 11.6 Å². The summed E-state index contributed by atoms with van der Waals surface area (Å²) in [7, 11) is 0. The maximum absolute atomic E-state index is 12.4. The van der Waals surface area contributed by atoms with E-state index < -0.39 is 0 Å². The summed E-state index contributed by atoms with van der Waals surface area (Å²) in [5.74, 6) is -0.207. The van der Waals surface area contributed by atoms with Crippen molar-refractivity contribution >= 4 is 23.2 Å². The van der Waals surface area contributed by atoms with Gasteiger partial charge in [0, 0.05) is 22.3 Å². The minimum absolute atomic E-state index is 0.0859. The van der Waals surface area contributed by atoms with Crippen LogP contribution in [0, 0.1) is 0 Å². The van der Waals surface area contributed by atoms with Gasteiger partial charge in [0.05, 0.1) is 45.0 Å². The molecule has 1 aliphatic heterocycles. The summed E-state index contributed by atoms with van der Waals surface area (Å²) in [6, 6.07) is 20.7. The van der Waals surface area contributed by atoms with E-state index >= 15 is 0 Å². The van der Waals surface area contributed by atoms with E-state index in [1.807, 2.05) is 48.5 Å². The van der Waals surface area contributed by atoms with Crippen LogP contribution in [0.25, 0.3) is 11.3 Å². The van der Waals surface area contributed by atoms with Gasteiger partial charge in [-0.1, -0.05) is 48.0 Å². The number of halogens is 1. The normalized spacial score (nSPS) is 14.3. The molecule has 166 valence electrons. The average Bonchev–Trinajstić information content (AvgIpc) is 2.81. The molecule has 8 heteroatoms. The van der Waals surface area contributed by atoms with Crippen molar-refractivity contribution in [3.63, 3.8) is 0 Å². The number of carbonyl (C=O) groups excluding carboxylic acids is 1. The van der Waals surface area contributed by atoms with Gasteiger partial charge >= 0.3 is 0 Å². The first-order valence-electron chi connectivity index (χ1n) is 10.8. The number of quaternary nitrogens is 1. The van der Waals surface area contributed by atoms with Crippen LogP contribution in [0.3, 0.4) is 0 Å². The Kier molecular flexibility index (Phi) is 7.19. The van der Waals surface area contributed by atoms with Crippen LogP contribution < -0.4 is 20.7 Å². The number of nitrogens with zero attached hydrogens (tertiary/aromatic N) is 3. The number of hydrogen-bond acceptors (Lipinski definition) is 4. The molecule has 2 aromatic carbocycles. The molecule has 1 amide bonds. The number of benzene rings is 2. The molecule has 3 aromatic rings. The summed E-state index contributed by atoms with van der Waals surface area (Å²) in [5.41, 5.74) is 2.44. The molecular weight excluding hydrogens is 426 g/mol. The van der Waals surface area contributed by atoms with Crippen LogP contribution in [0.15, 0.2) is 71.5 Å². The summed E-state index contributed by atoms with van der Waals surface area (Å²) >= 11 is 6.10. The maximum Gasteiger partial charge on any atom is 0.267 e. The van der Waals surface area contributed by atoms with Crippen molar-refractivity contribution in [1.82, 2.24) is 15.1 Å². The predicted molar refractivity (Wildman–Crippen MR) is 126 cm³/mol. The molecule has 0 unspecified atom stereocenters. The van der Waals surface area contributed by atoms with Gasteiger partial charge in [0.15, 0.2) is 0 Å². The molecular formula is C24H27ClN5O2+. The number of carbonyl (C=O) groups is 1. The van der Waals surface area contributed by atoms with Crippen LogP contribution >= 0.6 is 11.6 Å². The topological polar surface area (TPSA) is 71.7 Å². The van der Waals surface area contributed by atoms with Crippen LogP contribution in [0.2, 0.25) is 5.02 Å². The Balaban J connectivity index is 1.23. The third-order valence-corrected chi connectivity index (χ3v) is 5.91. The summed E-state index contributed by atoms with van der Waals surface area (Å²) in [6.45, 7) is 5.24. The van der Waals surface area contributed by atoms with Crippen molar-refractivity contribution in [2.24, 2.45) is 0 Å². The zero-order valence-electron chi connectivity index (χ0n) is 17.8. The smallest absolute Gasteiger partial charge is 0.267 e. The summed E-state index contributed by atoms with van der Waals surface area (Å²) < 4.78 is 1.22. The molecule has 0 aliphatic carbocycles. The molecule has 0 spiro atoms. The first-order valence-corrected chi connectivity index (χ1v) is 11.2. The number of piperazine rings is 1. The minimum atomic E-state index is -0.289. The van der Waals surface area contributed by atoms with Gasteiger partial charge in [-0.25, -0.2) is 4.68 Å². The molecule has 1 aromatic heterocycles. The van der Waals surface area contributed by atoms with Crippen LogP contribution in [-0.2, 0) is 11.3 Å². The minimum Gasteiger partial charge on any atom is -0.360 e. The van der Waals surface area contributed by atoms with E-state index in [1.165, 1.54) is 15.6 Å². The highest BCUT2D eigenvalue weighted by atomic mass is 35.5. The number of nitrogens with one attached hydrogen (secondary N) is 2. The van der Waals surface area contributed by atoms with Crippen molar-refractivity contribution in [2.45, 2.75) is 6.54 Å². The molecule has 4 rings (SSSR count). The van der Waals surface area contributed by atoms with Crippen molar-refractivity contribution in [3.8, 4) is 11.3 Å². The Morgan fingerprint density at radius 2 is 1.81 bits per heavy atom. The third kappa shape index (κ3) is 5.75. The molecule has 1 fully saturated rings. The second-order valence-corrected chi connectivity index (χ2v) is 8.33. The summed E-state index contributed by atoms with van der Waals surface area (Å²) in [4.78, 5) is 28.3. The lowest BCUT2D eigenvalue weighted by Gasteiger charge is -2.33. The van der Waals surface area contributed by atoms with Crippen LogP contribution in [-0.4, -0.2) is 55.0 Å². The molecule has 32 heavy (non-hydrogen) atoms. The molecule has 1 aliphatic rings. The lowest BCUT2D eigenvalue weighted by Crippen LogP contribution is -3.15. The van der Waals surface area contributed by atoms with Gasteiger partial charge in [0.1, 0.15) is 6.54 Å². The Bertz CT molecular complexity index is 1110. The number of amides is 1. The Morgan fingerprint density at radius 3 is 2.56 bits per heavy atom. The lowest BCUT2D eigenvalue weighted by molar-refractivity contribution is -0.899. The van der Waals surface area contributed by atoms with Crippen molar-refractivity contribution in [2.75, 3.05) is 44.2 Å². The van der Waals surface area contributed by atoms with Crippen molar-refractivity contribution in [3.05, 3.63) is 82.1 Å². The third-order valence-electron chi connectivity index (χ3n) is 5.67. The van der Waals surface area contributed by atoms with Crippen molar-refractivity contribution < 1.29 is 9.69 Å². The van der Waals surface area contributed by atoms with E-state index in [9.17, 15) is 9.59 Å². The molecule has 1 saturated heterocycles. The maximum atomic E-state index is 12.4. The van der Waals surface area contributed by atoms with Crippen LogP contribution in [0.5, 0.6) is 0 Å². The van der Waals surface area contributed by atoms with E-state index in [0.717, 1.165) is 49.0 Å². The second-order valence-electron chi connectivity index (χ2n) is 7.90. The first kappa shape index (κ1) is 22.0. The Hall–Kier alpha value is -3.16. The fourth-order valence-corrected chi connectivity index (χ4v) is 4.08. The molecule has 7 nitrogen and oxygen atoms in total. The Morgan fingerprint density at radius 1 is 1.03 bits per heavy atom. The fraction of sp³-hybridized carbons (Fsp3) is 0.292. The van der Waals surface area contributed by atoms with Crippen LogP contribution in [0.4, 0.5) is 5.69 Å². The molecule has 2 heterocycles. The van der Waals surface area contributed by atoms with E-state index in [-0.39, 0.29) is 18.0 Å². The zero-order chi connectivity index (χ0) is 22.3. The highest BCUT2D eigenvalue weighted by Gasteiger charge is 2.20. The number of hydrogen-bond donors (Lipinski definition) is 2. The number of aromatic nitrogens is 2. The van der Waals surface area contributed by atoms with E-state index in [1.54, 1.807) is 6.07 Å². The van der Waals surface area contributed by atoms with E-state index in [0.29, 0.717) is 12.2 Å². The molecule has 0 saturated carbocycles. The zero-order valence-corrected chi connectivity index (χ0v) is 18.6. The Labute approximate surface area is 192 Å². The monoisotopic (exact) mass is 452 g/mol. The highest BCUT2D eigenvalue weighted by molar-refractivity contribution is 6.30. The van der Waals surface area contributed by atoms with Crippen LogP contribution in [0.1, 0.15) is 0 Å². The predicted octanol–water partition coefficient (Wildman–Crippen LogP) is 1.09. The quantitative estimate of drug-likeness (QED) is 0.563. The van der Waals surface area contributed by atoms with Gasteiger partial charge in [-0.15, -0.1) is 0 Å². The summed E-state index contributed by atoms with van der Waals surface area (Å²) in [6.07, 6.45) is 0. The standard InChI is InChI=1S/C24H26ClN5O2/c25-20-7-4-8-21(17-20)29-15-13-28(14-16-29)12-11-26-23(31)18-30-24(32)10-9-22(27-30)19-5-2-1-3-6-19/h1-10,17H,11-16,18H2,(H,26,31)/p+1. The number of anilines is 1. The largest absolute Gasteiger partial charge is 0.360 e. The van der Waals surface area contributed by atoms with Gasteiger partial charge < -0.3 is 15.1 Å². The van der Waals surface area contributed by atoms with Gasteiger partial charge in [-0.05, 0) is 24.3 Å². The highest BCUT2D eigenvalue weighted by Crippen LogP contribution is 2.19. The SMILES string of the molecule is O=C(Cn1nc(-c2ccccc2)ccc1=O)NCC[NH+]1CCN(c2cccc(Cl)c2)CC1. The number of rotatable bonds is 7. The first-order chi connectivity index (χ1) is 15.6. The average molecular weight is 453 g/mol. The molecule has 2 N–H and O–H groups in total. The van der Waals surface area contributed by atoms with E-state index in [2.05, 4.69) is 21.4 Å². The summed E-state index contributed by atoms with van der Waals surface area (Å²) in [5, 5.41) is 8.02. The van der Waals surface area contributed by atoms with Gasteiger partial charge in [0.25, 0.3) is 5.56 Å². The molecule has 0 radical (unpaired) electrons. The second kappa shape index (κ2) is 10.4. The lowest BCUT2D eigenvalue weighted by atomic mass is 10.1. The van der Waals surface area contributed by atoms with Gasteiger partial charge in [-0.3, -0.25) is 9.59 Å².